The summed E-state index contributed by atoms with van der Waals surface area (Å²) in [6, 6.07) is 4.04. The fraction of sp³-hybridized carbons (Fsp3) is 0.474. The number of hydrogen-bond acceptors (Lipinski definition) is 8. The van der Waals surface area contributed by atoms with Gasteiger partial charge in [0.15, 0.2) is 11.4 Å². The number of halogens is 1. The van der Waals surface area contributed by atoms with E-state index in [2.05, 4.69) is 15.0 Å². The second-order valence-electron chi connectivity index (χ2n) is 7.00. The first-order valence-electron chi connectivity index (χ1n) is 9.49. The molecule has 0 aliphatic carbocycles. The van der Waals surface area contributed by atoms with Crippen LogP contribution in [0.2, 0.25) is 0 Å². The SMILES string of the molecule is CN1CCCCN1C1=NC(O)/C(=C/c2ccc(F)cc2OC(=O)N2CCSC2)S1. The molecule has 1 unspecified atom stereocenters. The van der Waals surface area contributed by atoms with Gasteiger partial charge in [0.1, 0.15) is 11.6 Å². The molecule has 1 aromatic carbocycles. The maximum Gasteiger partial charge on any atom is 0.415 e. The number of ether oxygens (including phenoxy) is 1. The van der Waals surface area contributed by atoms with Crippen LogP contribution in [0.1, 0.15) is 18.4 Å². The van der Waals surface area contributed by atoms with Crippen molar-refractivity contribution >= 4 is 40.9 Å². The molecule has 10 heteroatoms. The zero-order valence-corrected chi connectivity index (χ0v) is 17.7. The molecule has 0 aromatic heterocycles. The monoisotopic (exact) mass is 438 g/mol. The Bertz CT molecular complexity index is 845. The van der Waals surface area contributed by atoms with E-state index in [0.717, 1.165) is 36.9 Å². The molecule has 156 valence electrons. The summed E-state index contributed by atoms with van der Waals surface area (Å²) in [5, 5.41) is 15.3. The van der Waals surface area contributed by atoms with Crippen LogP contribution in [0.4, 0.5) is 9.18 Å². The normalized spacial score (nSPS) is 24.3. The first-order valence-corrected chi connectivity index (χ1v) is 11.5. The lowest BCUT2D eigenvalue weighted by atomic mass is 10.1. The minimum atomic E-state index is -0.992. The van der Waals surface area contributed by atoms with Crippen LogP contribution in [0.3, 0.4) is 0 Å². The number of aliphatic hydroxyl groups is 1. The van der Waals surface area contributed by atoms with E-state index in [4.69, 9.17) is 4.74 Å². The highest BCUT2D eigenvalue weighted by atomic mass is 32.2. The van der Waals surface area contributed by atoms with Gasteiger partial charge >= 0.3 is 6.09 Å². The molecule has 3 aliphatic rings. The van der Waals surface area contributed by atoms with Crippen molar-refractivity contribution in [2.75, 3.05) is 38.3 Å². The summed E-state index contributed by atoms with van der Waals surface area (Å²) in [5.74, 6) is 1.08. The molecule has 0 bridgehead atoms. The van der Waals surface area contributed by atoms with Gasteiger partial charge in [0, 0.05) is 49.0 Å². The predicted molar refractivity (Wildman–Crippen MR) is 114 cm³/mol. The van der Waals surface area contributed by atoms with E-state index in [1.165, 1.54) is 23.9 Å². The number of carbonyl (C=O) groups excluding carboxylic acids is 1. The highest BCUT2D eigenvalue weighted by Gasteiger charge is 2.30. The number of nitrogens with zero attached hydrogens (tertiary/aromatic N) is 4. The summed E-state index contributed by atoms with van der Waals surface area (Å²) in [7, 11) is 2.00. The summed E-state index contributed by atoms with van der Waals surface area (Å²) in [5.41, 5.74) is 0.525. The smallest absolute Gasteiger partial charge is 0.409 e. The van der Waals surface area contributed by atoms with Crippen molar-refractivity contribution in [1.29, 1.82) is 0 Å². The van der Waals surface area contributed by atoms with Crippen LogP contribution in [-0.4, -0.2) is 75.8 Å². The Labute approximate surface area is 177 Å². The molecule has 2 fully saturated rings. The fourth-order valence-electron chi connectivity index (χ4n) is 3.30. The average molecular weight is 439 g/mol. The van der Waals surface area contributed by atoms with Gasteiger partial charge in [-0.1, -0.05) is 11.8 Å². The van der Waals surface area contributed by atoms with E-state index in [0.29, 0.717) is 22.9 Å². The number of rotatable bonds is 2. The molecule has 0 saturated carbocycles. The van der Waals surface area contributed by atoms with Crippen molar-refractivity contribution < 1.29 is 19.0 Å². The van der Waals surface area contributed by atoms with Crippen molar-refractivity contribution in [3.8, 4) is 5.75 Å². The third kappa shape index (κ3) is 4.71. The fourth-order valence-corrected chi connectivity index (χ4v) is 5.27. The number of carbonyl (C=O) groups is 1. The zero-order valence-electron chi connectivity index (χ0n) is 16.1. The first-order chi connectivity index (χ1) is 14.0. The van der Waals surface area contributed by atoms with E-state index < -0.39 is 18.1 Å². The molecule has 29 heavy (non-hydrogen) atoms. The standard InChI is InChI=1S/C19H23FN4O3S2/c1-22-6-2-3-7-24(22)18-21-17(25)16(29-18)10-13-4-5-14(20)11-15(13)27-19(26)23-8-9-28-12-23/h4-5,10-11,17,25H,2-3,6-9,12H2,1H3/b16-10-. The Balaban J connectivity index is 1.52. The lowest BCUT2D eigenvalue weighted by Crippen LogP contribution is -2.46. The third-order valence-electron chi connectivity index (χ3n) is 4.91. The van der Waals surface area contributed by atoms with Crippen LogP contribution in [0, 0.1) is 5.82 Å². The lowest BCUT2D eigenvalue weighted by Gasteiger charge is -2.36. The Kier molecular flexibility index (Phi) is 6.33. The molecule has 4 rings (SSSR count). The van der Waals surface area contributed by atoms with Crippen molar-refractivity contribution in [2.45, 2.75) is 19.1 Å². The first kappa shape index (κ1) is 20.5. The van der Waals surface area contributed by atoms with E-state index in [9.17, 15) is 14.3 Å². The van der Waals surface area contributed by atoms with Gasteiger partial charge in [-0.05, 0) is 31.1 Å². The van der Waals surface area contributed by atoms with Crippen molar-refractivity contribution in [3.63, 3.8) is 0 Å². The van der Waals surface area contributed by atoms with E-state index in [1.807, 2.05) is 7.05 Å². The van der Waals surface area contributed by atoms with Gasteiger partial charge in [-0.25, -0.2) is 19.2 Å². The number of thioether (sulfide) groups is 2. The molecule has 1 N–H and O–H groups in total. The van der Waals surface area contributed by atoms with Crippen LogP contribution in [0.25, 0.3) is 6.08 Å². The zero-order chi connectivity index (χ0) is 20.4. The minimum Gasteiger partial charge on any atom is -0.409 e. The van der Waals surface area contributed by atoms with Gasteiger partial charge in [-0.3, -0.25) is 9.91 Å². The van der Waals surface area contributed by atoms with E-state index in [1.54, 1.807) is 28.8 Å². The maximum absolute atomic E-state index is 13.8. The Hall–Kier alpha value is -1.75. The summed E-state index contributed by atoms with van der Waals surface area (Å²) in [6.45, 7) is 2.42. The minimum absolute atomic E-state index is 0.135. The topological polar surface area (TPSA) is 68.6 Å². The maximum atomic E-state index is 13.8. The molecular formula is C19H23FN4O3S2. The van der Waals surface area contributed by atoms with Gasteiger partial charge in [0.25, 0.3) is 0 Å². The predicted octanol–water partition coefficient (Wildman–Crippen LogP) is 3.04. The molecule has 0 radical (unpaired) electrons. The van der Waals surface area contributed by atoms with E-state index in [-0.39, 0.29) is 5.75 Å². The number of amides is 1. The van der Waals surface area contributed by atoms with Gasteiger partial charge in [-0.2, -0.15) is 0 Å². The Morgan fingerprint density at radius 2 is 2.17 bits per heavy atom. The number of hydrogen-bond donors (Lipinski definition) is 1. The molecule has 1 aromatic rings. The second-order valence-corrected chi connectivity index (χ2v) is 9.11. The highest BCUT2D eigenvalue weighted by Crippen LogP contribution is 2.36. The van der Waals surface area contributed by atoms with Gasteiger partial charge < -0.3 is 9.84 Å². The Morgan fingerprint density at radius 3 is 2.93 bits per heavy atom. The van der Waals surface area contributed by atoms with Crippen molar-refractivity contribution in [1.82, 2.24) is 14.9 Å². The molecule has 2 saturated heterocycles. The van der Waals surface area contributed by atoms with Crippen molar-refractivity contribution in [2.24, 2.45) is 4.99 Å². The highest BCUT2D eigenvalue weighted by molar-refractivity contribution is 8.17. The van der Waals surface area contributed by atoms with Crippen LogP contribution in [0.15, 0.2) is 28.1 Å². The molecule has 1 atom stereocenters. The summed E-state index contributed by atoms with van der Waals surface area (Å²) >= 11 is 3.03. The number of aliphatic imine (C=N–C) groups is 1. The number of amidine groups is 1. The van der Waals surface area contributed by atoms with Gasteiger partial charge in [0.05, 0.1) is 5.88 Å². The molecule has 7 nitrogen and oxygen atoms in total. The number of hydrazine groups is 1. The molecule has 3 heterocycles. The van der Waals surface area contributed by atoms with Crippen LogP contribution < -0.4 is 4.74 Å². The summed E-state index contributed by atoms with van der Waals surface area (Å²) in [6.07, 6.45) is 2.43. The largest absolute Gasteiger partial charge is 0.415 e. The summed E-state index contributed by atoms with van der Waals surface area (Å²) in [4.78, 5) is 18.9. The second kappa shape index (κ2) is 8.95. The molecular weight excluding hydrogens is 415 g/mol. The quantitative estimate of drug-likeness (QED) is 0.761. The molecule has 3 aliphatic heterocycles. The van der Waals surface area contributed by atoms with Crippen molar-refractivity contribution in [3.05, 3.63) is 34.5 Å². The average Bonchev–Trinajstić information content (AvgIpc) is 3.35. The summed E-state index contributed by atoms with van der Waals surface area (Å²) < 4.78 is 19.3. The van der Waals surface area contributed by atoms with E-state index >= 15 is 0 Å². The van der Waals surface area contributed by atoms with Crippen LogP contribution in [-0.2, 0) is 0 Å². The molecule has 1 amide bonds. The lowest BCUT2D eigenvalue weighted by molar-refractivity contribution is 0.0472. The number of aliphatic hydroxyl groups excluding tert-OH is 1. The Morgan fingerprint density at radius 1 is 1.34 bits per heavy atom. The third-order valence-corrected chi connectivity index (χ3v) is 6.94. The number of benzene rings is 1. The van der Waals surface area contributed by atoms with Crippen LogP contribution >= 0.6 is 23.5 Å². The van der Waals surface area contributed by atoms with Crippen LogP contribution in [0.5, 0.6) is 5.75 Å². The van der Waals surface area contributed by atoms with Gasteiger partial charge in [-0.15, -0.1) is 11.8 Å². The van der Waals surface area contributed by atoms with Gasteiger partial charge in [0.2, 0.25) is 0 Å². The molecule has 0 spiro atoms.